The lowest BCUT2D eigenvalue weighted by molar-refractivity contribution is 0.508. The Labute approximate surface area is 130 Å². The molecule has 0 radical (unpaired) electrons. The smallest absolute Gasteiger partial charge is 0.142 e. The number of nitrogens with zero attached hydrogens (tertiary/aromatic N) is 2. The average molecular weight is 310 g/mol. The minimum Gasteiger partial charge on any atom is -0.310 e. The summed E-state index contributed by atoms with van der Waals surface area (Å²) in [5.74, 6) is -0.376. The summed E-state index contributed by atoms with van der Waals surface area (Å²) >= 11 is 5.77. The maximum atomic E-state index is 13.7. The van der Waals surface area contributed by atoms with Crippen molar-refractivity contribution in [3.05, 3.63) is 52.1 Å². The van der Waals surface area contributed by atoms with E-state index in [-0.39, 0.29) is 16.9 Å². The molecule has 0 spiro atoms. The molecule has 2 rings (SSSR count). The molecule has 114 valence electrons. The summed E-state index contributed by atoms with van der Waals surface area (Å²) in [5.41, 5.74) is 3.02. The zero-order valence-electron chi connectivity index (χ0n) is 12.7. The molecule has 0 aliphatic rings. The molecular formula is C16H21ClFN3. The maximum Gasteiger partial charge on any atom is 0.142 e. The van der Waals surface area contributed by atoms with Crippen LogP contribution in [0.1, 0.15) is 36.3 Å². The molecule has 1 unspecified atom stereocenters. The van der Waals surface area contributed by atoms with Gasteiger partial charge in [-0.25, -0.2) is 4.39 Å². The number of aromatic nitrogens is 2. The predicted molar refractivity (Wildman–Crippen MR) is 84.1 cm³/mol. The summed E-state index contributed by atoms with van der Waals surface area (Å²) in [5, 5.41) is 7.99. The normalized spacial score (nSPS) is 12.6. The first kappa shape index (κ1) is 16.0. The van der Waals surface area contributed by atoms with Gasteiger partial charge in [0.15, 0.2) is 0 Å². The van der Waals surface area contributed by atoms with Crippen LogP contribution in [-0.4, -0.2) is 16.3 Å². The Hall–Kier alpha value is -1.39. The van der Waals surface area contributed by atoms with Crippen LogP contribution in [0.2, 0.25) is 5.02 Å². The number of halogens is 2. The predicted octanol–water partition coefficient (Wildman–Crippen LogP) is 3.80. The van der Waals surface area contributed by atoms with Crippen LogP contribution < -0.4 is 5.32 Å². The second kappa shape index (κ2) is 7.05. The fourth-order valence-electron chi connectivity index (χ4n) is 2.42. The topological polar surface area (TPSA) is 29.9 Å². The molecule has 1 aromatic heterocycles. The lowest BCUT2D eigenvalue weighted by Crippen LogP contribution is -2.25. The number of benzene rings is 1. The summed E-state index contributed by atoms with van der Waals surface area (Å²) in [6, 6.07) is 7.11. The zero-order chi connectivity index (χ0) is 15.4. The first-order valence-electron chi connectivity index (χ1n) is 7.19. The van der Waals surface area contributed by atoms with Crippen molar-refractivity contribution in [2.45, 2.75) is 32.7 Å². The van der Waals surface area contributed by atoms with E-state index in [1.54, 1.807) is 6.07 Å². The number of nitrogens with one attached hydrogen (secondary N) is 1. The van der Waals surface area contributed by atoms with Gasteiger partial charge in [0.2, 0.25) is 0 Å². The van der Waals surface area contributed by atoms with Crippen LogP contribution in [0, 0.1) is 12.7 Å². The van der Waals surface area contributed by atoms with Gasteiger partial charge in [-0.1, -0.05) is 24.6 Å². The lowest BCUT2D eigenvalue weighted by atomic mass is 10.0. The first-order chi connectivity index (χ1) is 10.0. The molecule has 0 fully saturated rings. The average Bonchev–Trinajstić information content (AvgIpc) is 2.76. The van der Waals surface area contributed by atoms with Gasteiger partial charge in [0, 0.05) is 25.2 Å². The highest BCUT2D eigenvalue weighted by Gasteiger charge is 2.15. The minimum absolute atomic E-state index is 0.0477. The summed E-state index contributed by atoms with van der Waals surface area (Å²) in [4.78, 5) is 0. The van der Waals surface area contributed by atoms with Crippen LogP contribution in [0.15, 0.2) is 24.3 Å². The highest BCUT2D eigenvalue weighted by molar-refractivity contribution is 6.30. The van der Waals surface area contributed by atoms with Crippen LogP contribution in [-0.2, 0) is 13.5 Å². The van der Waals surface area contributed by atoms with Gasteiger partial charge in [0.25, 0.3) is 0 Å². The fourth-order valence-corrected chi connectivity index (χ4v) is 2.54. The van der Waals surface area contributed by atoms with E-state index in [9.17, 15) is 4.39 Å². The van der Waals surface area contributed by atoms with Gasteiger partial charge in [0.1, 0.15) is 5.82 Å². The van der Waals surface area contributed by atoms with E-state index in [0.717, 1.165) is 36.3 Å². The van der Waals surface area contributed by atoms with Crippen molar-refractivity contribution in [1.82, 2.24) is 15.1 Å². The molecule has 0 saturated heterocycles. The zero-order valence-corrected chi connectivity index (χ0v) is 13.4. The molecule has 0 saturated carbocycles. The van der Waals surface area contributed by atoms with Crippen molar-refractivity contribution in [3.63, 3.8) is 0 Å². The van der Waals surface area contributed by atoms with Crippen molar-refractivity contribution in [2.24, 2.45) is 7.05 Å². The Morgan fingerprint density at radius 2 is 2.14 bits per heavy atom. The van der Waals surface area contributed by atoms with Crippen molar-refractivity contribution in [1.29, 1.82) is 0 Å². The van der Waals surface area contributed by atoms with E-state index in [4.69, 9.17) is 11.6 Å². The third-order valence-corrected chi connectivity index (χ3v) is 3.81. The number of hydrogen-bond donors (Lipinski definition) is 1. The quantitative estimate of drug-likeness (QED) is 0.879. The Morgan fingerprint density at radius 1 is 1.38 bits per heavy atom. The summed E-state index contributed by atoms with van der Waals surface area (Å²) in [6.45, 7) is 4.96. The van der Waals surface area contributed by atoms with E-state index in [0.29, 0.717) is 0 Å². The largest absolute Gasteiger partial charge is 0.310 e. The molecule has 2 aromatic rings. The van der Waals surface area contributed by atoms with E-state index in [1.165, 1.54) is 6.07 Å². The van der Waals surface area contributed by atoms with Crippen LogP contribution in [0.5, 0.6) is 0 Å². The first-order valence-corrected chi connectivity index (χ1v) is 7.57. The second-order valence-electron chi connectivity index (χ2n) is 5.29. The number of aryl methyl sites for hydroxylation is 2. The molecule has 1 atom stereocenters. The molecule has 1 N–H and O–H groups in total. The SMILES string of the molecule is CCCNC(Cc1cc(C)nn1C)c1ccc(Cl)c(F)c1. The van der Waals surface area contributed by atoms with Gasteiger partial charge in [-0.3, -0.25) is 4.68 Å². The molecule has 0 aliphatic heterocycles. The number of hydrogen-bond acceptors (Lipinski definition) is 2. The lowest BCUT2D eigenvalue weighted by Gasteiger charge is -2.19. The van der Waals surface area contributed by atoms with Crippen LogP contribution in [0.4, 0.5) is 4.39 Å². The van der Waals surface area contributed by atoms with Crippen LogP contribution >= 0.6 is 11.6 Å². The van der Waals surface area contributed by atoms with E-state index in [1.807, 2.05) is 24.7 Å². The Bertz CT molecular complexity index is 610. The van der Waals surface area contributed by atoms with Gasteiger partial charge in [-0.2, -0.15) is 5.10 Å². The molecule has 3 nitrogen and oxygen atoms in total. The molecular weight excluding hydrogens is 289 g/mol. The van der Waals surface area contributed by atoms with Gasteiger partial charge in [-0.05, 0) is 43.7 Å². The second-order valence-corrected chi connectivity index (χ2v) is 5.69. The molecule has 1 heterocycles. The Morgan fingerprint density at radius 3 is 2.71 bits per heavy atom. The van der Waals surface area contributed by atoms with Crippen molar-refractivity contribution in [3.8, 4) is 0 Å². The van der Waals surface area contributed by atoms with Gasteiger partial charge < -0.3 is 5.32 Å². The van der Waals surface area contributed by atoms with Gasteiger partial charge in [-0.15, -0.1) is 0 Å². The van der Waals surface area contributed by atoms with Gasteiger partial charge >= 0.3 is 0 Å². The molecule has 0 amide bonds. The van der Waals surface area contributed by atoms with Crippen LogP contribution in [0.25, 0.3) is 0 Å². The number of rotatable bonds is 6. The summed E-state index contributed by atoms with van der Waals surface area (Å²) < 4.78 is 15.6. The standard InChI is InChI=1S/C16H21ClFN3/c1-4-7-19-16(10-13-8-11(2)20-21(13)3)12-5-6-14(17)15(18)9-12/h5-6,8-9,16,19H,4,7,10H2,1-3H3. The highest BCUT2D eigenvalue weighted by Crippen LogP contribution is 2.23. The summed E-state index contributed by atoms with van der Waals surface area (Å²) in [6.07, 6.45) is 1.79. The Balaban J connectivity index is 2.24. The van der Waals surface area contributed by atoms with Crippen molar-refractivity contribution >= 4 is 11.6 Å². The van der Waals surface area contributed by atoms with E-state index in [2.05, 4.69) is 23.4 Å². The maximum absolute atomic E-state index is 13.7. The molecule has 5 heteroatoms. The molecule has 21 heavy (non-hydrogen) atoms. The van der Waals surface area contributed by atoms with E-state index >= 15 is 0 Å². The van der Waals surface area contributed by atoms with Crippen LogP contribution in [0.3, 0.4) is 0 Å². The Kier molecular flexibility index (Phi) is 5.37. The minimum atomic E-state index is -0.376. The van der Waals surface area contributed by atoms with E-state index < -0.39 is 0 Å². The third kappa shape index (κ3) is 4.05. The van der Waals surface area contributed by atoms with Gasteiger partial charge in [0.05, 0.1) is 10.7 Å². The molecule has 0 aliphatic carbocycles. The third-order valence-electron chi connectivity index (χ3n) is 3.50. The van der Waals surface area contributed by atoms with Crippen molar-refractivity contribution in [2.75, 3.05) is 6.54 Å². The van der Waals surface area contributed by atoms with Crippen molar-refractivity contribution < 1.29 is 4.39 Å². The summed E-state index contributed by atoms with van der Waals surface area (Å²) in [7, 11) is 1.93. The fraction of sp³-hybridized carbons (Fsp3) is 0.438. The molecule has 0 bridgehead atoms. The molecule has 1 aromatic carbocycles. The monoisotopic (exact) mass is 309 g/mol. The highest BCUT2D eigenvalue weighted by atomic mass is 35.5.